The third-order valence-electron chi connectivity index (χ3n) is 4.61. The van der Waals surface area contributed by atoms with Crippen LogP contribution in [0.4, 0.5) is 5.82 Å². The summed E-state index contributed by atoms with van der Waals surface area (Å²) in [5.74, 6) is 0.921. The van der Waals surface area contributed by atoms with Crippen LogP contribution in [0.25, 0.3) is 5.57 Å². The number of aryl methyl sites for hydroxylation is 1. The van der Waals surface area contributed by atoms with E-state index in [-0.39, 0.29) is 0 Å². The highest BCUT2D eigenvalue weighted by Gasteiger charge is 2.20. The van der Waals surface area contributed by atoms with E-state index in [0.717, 1.165) is 60.7 Å². The number of pyridine rings is 2. The fraction of sp³-hybridized carbons (Fsp3) is 0.333. The Kier molecular flexibility index (Phi) is 5.82. The molecule has 2 N–H and O–H groups in total. The van der Waals surface area contributed by atoms with E-state index in [1.165, 1.54) is 5.56 Å². The standard InChI is InChI=1S/C21H24N6/c1-3-5-24-12-19(10-23)17-8-18-14-27(6-4-20(18)25-13-17)21-15(2)7-16(9-22)11-26-21/h7-8,10-13H,3-6,14,23H2,1-2H3/b19-10+,24-12?. The van der Waals surface area contributed by atoms with Crippen LogP contribution in [0.1, 0.15) is 41.3 Å². The van der Waals surface area contributed by atoms with Crippen molar-refractivity contribution < 1.29 is 0 Å². The van der Waals surface area contributed by atoms with Crippen LogP contribution in [0.15, 0.2) is 35.7 Å². The van der Waals surface area contributed by atoms with E-state index in [2.05, 4.69) is 38.9 Å². The van der Waals surface area contributed by atoms with E-state index in [9.17, 15) is 0 Å². The molecule has 6 nitrogen and oxygen atoms in total. The lowest BCUT2D eigenvalue weighted by Crippen LogP contribution is -2.32. The molecule has 0 unspecified atom stereocenters. The van der Waals surface area contributed by atoms with Crippen LogP contribution in [0.2, 0.25) is 0 Å². The van der Waals surface area contributed by atoms with Gasteiger partial charge in [-0.3, -0.25) is 9.98 Å². The maximum Gasteiger partial charge on any atom is 0.131 e. The van der Waals surface area contributed by atoms with Crippen molar-refractivity contribution in [1.29, 1.82) is 5.26 Å². The molecule has 0 aliphatic carbocycles. The first-order valence-corrected chi connectivity index (χ1v) is 9.17. The molecule has 0 spiro atoms. The Morgan fingerprint density at radius 2 is 2.22 bits per heavy atom. The van der Waals surface area contributed by atoms with Gasteiger partial charge in [0, 0.05) is 67.7 Å². The molecule has 0 saturated heterocycles. The van der Waals surface area contributed by atoms with Crippen LogP contribution in [-0.2, 0) is 13.0 Å². The van der Waals surface area contributed by atoms with E-state index < -0.39 is 0 Å². The molecule has 1 aliphatic rings. The maximum absolute atomic E-state index is 9.04. The van der Waals surface area contributed by atoms with Crippen LogP contribution < -0.4 is 10.6 Å². The van der Waals surface area contributed by atoms with Gasteiger partial charge in [-0.1, -0.05) is 6.92 Å². The monoisotopic (exact) mass is 360 g/mol. The number of fused-ring (bicyclic) bond motifs is 1. The highest BCUT2D eigenvalue weighted by atomic mass is 15.2. The molecule has 2 aromatic heterocycles. The van der Waals surface area contributed by atoms with E-state index in [4.69, 9.17) is 11.0 Å². The van der Waals surface area contributed by atoms with Crippen molar-refractivity contribution in [3.63, 3.8) is 0 Å². The smallest absolute Gasteiger partial charge is 0.131 e. The molecule has 27 heavy (non-hydrogen) atoms. The third-order valence-corrected chi connectivity index (χ3v) is 4.61. The number of nitrogens with two attached hydrogens (primary N) is 1. The Morgan fingerprint density at radius 1 is 1.37 bits per heavy atom. The van der Waals surface area contributed by atoms with Gasteiger partial charge >= 0.3 is 0 Å². The van der Waals surface area contributed by atoms with Crippen LogP contribution in [-0.4, -0.2) is 29.3 Å². The largest absolute Gasteiger partial charge is 0.404 e. The maximum atomic E-state index is 9.04. The normalized spacial score (nSPS) is 14.3. The number of anilines is 1. The van der Waals surface area contributed by atoms with Crippen LogP contribution in [0.5, 0.6) is 0 Å². The van der Waals surface area contributed by atoms with Crippen LogP contribution >= 0.6 is 0 Å². The second kappa shape index (κ2) is 8.45. The minimum atomic E-state index is 0.585. The van der Waals surface area contributed by atoms with Crippen molar-refractivity contribution in [2.45, 2.75) is 33.2 Å². The first-order chi connectivity index (χ1) is 13.2. The summed E-state index contributed by atoms with van der Waals surface area (Å²) in [5, 5.41) is 9.04. The number of allylic oxidation sites excluding steroid dienone is 1. The molecular weight excluding hydrogens is 336 g/mol. The van der Waals surface area contributed by atoms with E-state index in [1.807, 2.05) is 25.4 Å². The highest BCUT2D eigenvalue weighted by molar-refractivity contribution is 6.09. The van der Waals surface area contributed by atoms with Crippen molar-refractivity contribution in [2.24, 2.45) is 10.7 Å². The Hall–Kier alpha value is -3.20. The molecule has 0 bridgehead atoms. The molecule has 0 radical (unpaired) electrons. The summed E-state index contributed by atoms with van der Waals surface area (Å²) in [4.78, 5) is 15.8. The number of rotatable bonds is 5. The van der Waals surface area contributed by atoms with Crippen molar-refractivity contribution in [2.75, 3.05) is 18.0 Å². The average Bonchev–Trinajstić information content (AvgIpc) is 2.70. The topological polar surface area (TPSA) is 91.2 Å². The van der Waals surface area contributed by atoms with Gasteiger partial charge in [-0.25, -0.2) is 4.98 Å². The van der Waals surface area contributed by atoms with E-state index in [1.54, 1.807) is 12.4 Å². The van der Waals surface area contributed by atoms with E-state index in [0.29, 0.717) is 5.56 Å². The molecule has 0 atom stereocenters. The van der Waals surface area contributed by atoms with Crippen molar-refractivity contribution in [3.05, 3.63) is 58.7 Å². The van der Waals surface area contributed by atoms with Gasteiger partial charge in [0.25, 0.3) is 0 Å². The molecule has 3 rings (SSSR count). The van der Waals surface area contributed by atoms with Crippen molar-refractivity contribution >= 4 is 17.6 Å². The van der Waals surface area contributed by atoms with Gasteiger partial charge in [-0.05, 0) is 36.6 Å². The zero-order chi connectivity index (χ0) is 19.2. The first kappa shape index (κ1) is 18.6. The summed E-state index contributed by atoms with van der Waals surface area (Å²) in [7, 11) is 0. The van der Waals surface area contributed by atoms with Crippen molar-refractivity contribution in [3.8, 4) is 6.07 Å². The predicted molar refractivity (Wildman–Crippen MR) is 108 cm³/mol. The quantitative estimate of drug-likeness (QED) is 0.828. The number of hydrogen-bond acceptors (Lipinski definition) is 6. The second-order valence-corrected chi connectivity index (χ2v) is 6.63. The first-order valence-electron chi connectivity index (χ1n) is 9.17. The SMILES string of the molecule is CCCN=C/C(=C\N)c1cnc2c(c1)CN(c1ncc(C#N)cc1C)CC2. The lowest BCUT2D eigenvalue weighted by atomic mass is 10.0. The summed E-state index contributed by atoms with van der Waals surface area (Å²) in [5.41, 5.74) is 11.5. The fourth-order valence-corrected chi connectivity index (χ4v) is 3.23. The lowest BCUT2D eigenvalue weighted by Gasteiger charge is -2.30. The molecule has 2 aromatic rings. The minimum absolute atomic E-state index is 0.585. The zero-order valence-corrected chi connectivity index (χ0v) is 15.8. The third kappa shape index (κ3) is 4.14. The fourth-order valence-electron chi connectivity index (χ4n) is 3.23. The Labute approximate surface area is 160 Å². The number of nitriles is 1. The molecule has 0 amide bonds. The molecule has 0 aromatic carbocycles. The van der Waals surface area contributed by atoms with Crippen molar-refractivity contribution in [1.82, 2.24) is 9.97 Å². The van der Waals surface area contributed by atoms with Gasteiger partial charge in [0.15, 0.2) is 0 Å². The van der Waals surface area contributed by atoms with Gasteiger partial charge in [-0.2, -0.15) is 5.26 Å². The minimum Gasteiger partial charge on any atom is -0.404 e. The van der Waals surface area contributed by atoms with Gasteiger partial charge in [0.2, 0.25) is 0 Å². The number of nitrogens with zero attached hydrogens (tertiary/aromatic N) is 5. The summed E-state index contributed by atoms with van der Waals surface area (Å²) < 4.78 is 0. The highest BCUT2D eigenvalue weighted by Crippen LogP contribution is 2.26. The van der Waals surface area contributed by atoms with Gasteiger partial charge in [0.05, 0.1) is 5.56 Å². The summed E-state index contributed by atoms with van der Waals surface area (Å²) in [6, 6.07) is 6.16. The molecule has 3 heterocycles. The van der Waals surface area contributed by atoms with Gasteiger partial charge in [-0.15, -0.1) is 0 Å². The Bertz CT molecular complexity index is 923. The average molecular weight is 360 g/mol. The Balaban J connectivity index is 1.86. The lowest BCUT2D eigenvalue weighted by molar-refractivity contribution is 0.700. The van der Waals surface area contributed by atoms with Crippen LogP contribution in [0.3, 0.4) is 0 Å². The molecule has 0 fully saturated rings. The Morgan fingerprint density at radius 3 is 2.93 bits per heavy atom. The van der Waals surface area contributed by atoms with Crippen LogP contribution in [0, 0.1) is 18.3 Å². The number of hydrogen-bond donors (Lipinski definition) is 1. The summed E-state index contributed by atoms with van der Waals surface area (Å²) in [6.45, 7) is 6.47. The number of aliphatic imine (C=N–C) groups is 1. The van der Waals surface area contributed by atoms with Gasteiger partial charge < -0.3 is 10.6 Å². The molecule has 6 heteroatoms. The molecule has 1 aliphatic heterocycles. The summed E-state index contributed by atoms with van der Waals surface area (Å²) in [6.07, 6.45) is 8.77. The predicted octanol–water partition coefficient (Wildman–Crippen LogP) is 3.00. The van der Waals surface area contributed by atoms with E-state index >= 15 is 0 Å². The summed E-state index contributed by atoms with van der Waals surface area (Å²) >= 11 is 0. The number of aromatic nitrogens is 2. The molecular formula is C21H24N6. The molecule has 138 valence electrons. The second-order valence-electron chi connectivity index (χ2n) is 6.63. The molecule has 0 saturated carbocycles. The zero-order valence-electron chi connectivity index (χ0n) is 15.8. The van der Waals surface area contributed by atoms with Gasteiger partial charge in [0.1, 0.15) is 11.9 Å².